The Hall–Kier alpha value is -2.47. The Morgan fingerprint density at radius 3 is 2.48 bits per heavy atom. The third kappa shape index (κ3) is 4.00. The van der Waals surface area contributed by atoms with Crippen LogP contribution in [-0.4, -0.2) is 17.6 Å². The van der Waals surface area contributed by atoms with E-state index in [2.05, 4.69) is 10.5 Å². The molecule has 1 aromatic carbocycles. The number of oxime groups is 1. The standard InChI is InChI=1S/C15H14N2O3S/c1-10(18)16-15-13(8-9-21-15)14(17-20-11(2)19)12-6-4-3-5-7-12/h3-9H,1-2H3,(H,16,18)/b17-14-. The SMILES string of the molecule is CC(=O)Nc1sccc1/C(=N\OC(C)=O)c1ccccc1. The molecule has 0 unspecified atom stereocenters. The van der Waals surface area contributed by atoms with Crippen molar-refractivity contribution >= 4 is 33.9 Å². The van der Waals surface area contributed by atoms with E-state index in [1.807, 2.05) is 41.8 Å². The lowest BCUT2D eigenvalue weighted by atomic mass is 10.0. The monoisotopic (exact) mass is 302 g/mol. The zero-order valence-corrected chi connectivity index (χ0v) is 12.4. The van der Waals surface area contributed by atoms with Crippen LogP contribution in [0.25, 0.3) is 0 Å². The first-order valence-electron chi connectivity index (χ1n) is 6.24. The van der Waals surface area contributed by atoms with Crippen molar-refractivity contribution in [2.45, 2.75) is 13.8 Å². The van der Waals surface area contributed by atoms with E-state index in [0.717, 1.165) is 5.56 Å². The predicted molar refractivity (Wildman–Crippen MR) is 82.5 cm³/mol. The summed E-state index contributed by atoms with van der Waals surface area (Å²) >= 11 is 1.38. The Labute approximate surface area is 126 Å². The Morgan fingerprint density at radius 2 is 1.86 bits per heavy atom. The van der Waals surface area contributed by atoms with E-state index in [9.17, 15) is 9.59 Å². The summed E-state index contributed by atoms with van der Waals surface area (Å²) in [7, 11) is 0. The van der Waals surface area contributed by atoms with Gasteiger partial charge in [0.05, 0.1) is 0 Å². The van der Waals surface area contributed by atoms with Gasteiger partial charge in [-0.25, -0.2) is 4.79 Å². The molecule has 1 amide bonds. The Bertz CT molecular complexity index is 677. The molecule has 0 bridgehead atoms. The van der Waals surface area contributed by atoms with Gasteiger partial charge in [0, 0.05) is 25.0 Å². The van der Waals surface area contributed by atoms with Crippen LogP contribution in [0.5, 0.6) is 0 Å². The Balaban J connectivity index is 2.45. The molecule has 1 heterocycles. The fourth-order valence-electron chi connectivity index (χ4n) is 1.72. The quantitative estimate of drug-likeness (QED) is 0.536. The molecule has 0 aliphatic rings. The number of nitrogens with zero attached hydrogens (tertiary/aromatic N) is 1. The number of rotatable bonds is 4. The van der Waals surface area contributed by atoms with E-state index < -0.39 is 5.97 Å². The number of anilines is 1. The van der Waals surface area contributed by atoms with Crippen molar-refractivity contribution in [3.63, 3.8) is 0 Å². The zero-order valence-electron chi connectivity index (χ0n) is 11.6. The van der Waals surface area contributed by atoms with Crippen molar-refractivity contribution in [3.8, 4) is 0 Å². The van der Waals surface area contributed by atoms with Crippen LogP contribution >= 0.6 is 11.3 Å². The zero-order chi connectivity index (χ0) is 15.2. The lowest BCUT2D eigenvalue weighted by molar-refractivity contribution is -0.140. The van der Waals surface area contributed by atoms with Gasteiger partial charge in [-0.3, -0.25) is 4.79 Å². The van der Waals surface area contributed by atoms with Crippen molar-refractivity contribution in [3.05, 3.63) is 52.9 Å². The van der Waals surface area contributed by atoms with Crippen LogP contribution in [0, 0.1) is 0 Å². The molecule has 6 heteroatoms. The predicted octanol–water partition coefficient (Wildman–Crippen LogP) is 3.02. The topological polar surface area (TPSA) is 67.8 Å². The van der Waals surface area contributed by atoms with Gasteiger partial charge in [0.2, 0.25) is 5.91 Å². The molecule has 1 N–H and O–H groups in total. The van der Waals surface area contributed by atoms with Gasteiger partial charge in [-0.15, -0.1) is 11.3 Å². The van der Waals surface area contributed by atoms with Gasteiger partial charge in [-0.1, -0.05) is 35.5 Å². The maximum atomic E-state index is 11.3. The van der Waals surface area contributed by atoms with Crippen LogP contribution in [0.15, 0.2) is 46.9 Å². The van der Waals surface area contributed by atoms with Crippen LogP contribution in [0.2, 0.25) is 0 Å². The first kappa shape index (κ1) is 14.9. The van der Waals surface area contributed by atoms with Gasteiger partial charge in [0.1, 0.15) is 10.7 Å². The highest BCUT2D eigenvalue weighted by Gasteiger charge is 2.15. The molecule has 0 saturated carbocycles. The highest BCUT2D eigenvalue weighted by atomic mass is 32.1. The maximum absolute atomic E-state index is 11.3. The molecular weight excluding hydrogens is 288 g/mol. The molecule has 2 aromatic rings. The van der Waals surface area contributed by atoms with Gasteiger partial charge in [-0.2, -0.15) is 0 Å². The van der Waals surface area contributed by atoms with Gasteiger partial charge >= 0.3 is 5.97 Å². The second-order valence-electron chi connectivity index (χ2n) is 4.23. The Morgan fingerprint density at radius 1 is 1.14 bits per heavy atom. The van der Waals surface area contributed by atoms with Gasteiger partial charge in [0.25, 0.3) is 0 Å². The molecule has 108 valence electrons. The Kier molecular flexibility index (Phi) is 4.84. The summed E-state index contributed by atoms with van der Waals surface area (Å²) in [5, 5.41) is 9.18. The van der Waals surface area contributed by atoms with Crippen LogP contribution in [0.3, 0.4) is 0 Å². The lowest BCUT2D eigenvalue weighted by Gasteiger charge is -2.07. The van der Waals surface area contributed by atoms with Crippen molar-refractivity contribution in [2.24, 2.45) is 5.16 Å². The number of amides is 1. The summed E-state index contributed by atoms with van der Waals surface area (Å²) in [5.74, 6) is -0.668. The van der Waals surface area contributed by atoms with Crippen LogP contribution in [0.4, 0.5) is 5.00 Å². The summed E-state index contributed by atoms with van der Waals surface area (Å²) in [5.41, 5.74) is 2.00. The molecule has 0 aliphatic carbocycles. The molecule has 0 radical (unpaired) electrons. The van der Waals surface area contributed by atoms with Crippen molar-refractivity contribution in [1.82, 2.24) is 0 Å². The third-order valence-corrected chi connectivity index (χ3v) is 3.35. The van der Waals surface area contributed by atoms with Crippen LogP contribution in [-0.2, 0) is 14.4 Å². The second kappa shape index (κ2) is 6.81. The molecule has 0 atom stereocenters. The van der Waals surface area contributed by atoms with E-state index in [1.165, 1.54) is 25.2 Å². The molecule has 0 fully saturated rings. The molecule has 0 aliphatic heterocycles. The molecule has 2 rings (SSSR count). The first-order valence-corrected chi connectivity index (χ1v) is 7.12. The number of hydrogen-bond donors (Lipinski definition) is 1. The van der Waals surface area contributed by atoms with Crippen LogP contribution < -0.4 is 5.32 Å². The summed E-state index contributed by atoms with van der Waals surface area (Å²) < 4.78 is 0. The minimum absolute atomic E-state index is 0.168. The smallest absolute Gasteiger partial charge is 0.318 e. The molecule has 21 heavy (non-hydrogen) atoms. The minimum Gasteiger partial charge on any atom is -0.318 e. The molecular formula is C15H14N2O3S. The van der Waals surface area contributed by atoms with Crippen LogP contribution in [0.1, 0.15) is 25.0 Å². The number of carbonyl (C=O) groups is 2. The summed E-state index contributed by atoms with van der Waals surface area (Å²) in [6.07, 6.45) is 0. The van der Waals surface area contributed by atoms with E-state index in [4.69, 9.17) is 4.84 Å². The summed E-state index contributed by atoms with van der Waals surface area (Å²) in [4.78, 5) is 27.1. The van der Waals surface area contributed by atoms with Crippen molar-refractivity contribution in [1.29, 1.82) is 0 Å². The normalized spacial score (nSPS) is 11.0. The maximum Gasteiger partial charge on any atom is 0.332 e. The highest BCUT2D eigenvalue weighted by molar-refractivity contribution is 7.14. The highest BCUT2D eigenvalue weighted by Crippen LogP contribution is 2.26. The van der Waals surface area contributed by atoms with E-state index in [-0.39, 0.29) is 5.91 Å². The van der Waals surface area contributed by atoms with E-state index >= 15 is 0 Å². The number of carbonyl (C=O) groups excluding carboxylic acids is 2. The average molecular weight is 302 g/mol. The number of hydrogen-bond acceptors (Lipinski definition) is 5. The largest absolute Gasteiger partial charge is 0.332 e. The van der Waals surface area contributed by atoms with Gasteiger partial charge in [-0.05, 0) is 11.4 Å². The number of thiophene rings is 1. The molecule has 0 spiro atoms. The van der Waals surface area contributed by atoms with Gasteiger partial charge < -0.3 is 10.2 Å². The summed E-state index contributed by atoms with van der Waals surface area (Å²) in [6, 6.07) is 11.2. The fourth-order valence-corrected chi connectivity index (χ4v) is 2.55. The summed E-state index contributed by atoms with van der Waals surface area (Å²) in [6.45, 7) is 2.73. The fraction of sp³-hybridized carbons (Fsp3) is 0.133. The van der Waals surface area contributed by atoms with E-state index in [1.54, 1.807) is 0 Å². The van der Waals surface area contributed by atoms with Crippen molar-refractivity contribution in [2.75, 3.05) is 5.32 Å². The lowest BCUT2D eigenvalue weighted by Crippen LogP contribution is -2.11. The average Bonchev–Trinajstić information content (AvgIpc) is 2.87. The van der Waals surface area contributed by atoms with Gasteiger partial charge in [0.15, 0.2) is 0 Å². The van der Waals surface area contributed by atoms with E-state index in [0.29, 0.717) is 16.3 Å². The van der Waals surface area contributed by atoms with Crippen molar-refractivity contribution < 1.29 is 14.4 Å². The second-order valence-corrected chi connectivity index (χ2v) is 5.15. The minimum atomic E-state index is -0.500. The first-order chi connectivity index (χ1) is 10.1. The number of benzene rings is 1. The third-order valence-electron chi connectivity index (χ3n) is 2.52. The molecule has 1 aromatic heterocycles. The number of nitrogens with one attached hydrogen (secondary N) is 1. The molecule has 5 nitrogen and oxygen atoms in total. The molecule has 0 saturated heterocycles.